The molecule has 30 heteroatoms. The van der Waals surface area contributed by atoms with Crippen LogP contribution in [0.3, 0.4) is 0 Å². The van der Waals surface area contributed by atoms with Gasteiger partial charge in [-0.05, 0) is 182 Å². The Bertz CT molecular complexity index is 4780. The van der Waals surface area contributed by atoms with Crippen molar-refractivity contribution < 1.29 is 104 Å². The molecule has 0 N–H and O–H groups in total. The molecule has 8 aromatic carbocycles. The van der Waals surface area contributed by atoms with E-state index in [4.69, 9.17) is 4.18 Å². The van der Waals surface area contributed by atoms with E-state index in [0.717, 1.165) is 126 Å². The van der Waals surface area contributed by atoms with Gasteiger partial charge in [-0.3, -0.25) is 0 Å². The zero-order valence-corrected chi connectivity index (χ0v) is 62.9. The lowest BCUT2D eigenvalue weighted by molar-refractivity contribution is -0.247. The quantitative estimate of drug-likeness (QED) is 0.0303. The zero-order chi connectivity index (χ0) is 78.1. The maximum Gasteiger partial charge on any atom is 0.450 e. The van der Waals surface area contributed by atoms with Gasteiger partial charge in [-0.25, -0.2) is 16.8 Å². The van der Waals surface area contributed by atoms with Gasteiger partial charge in [-0.1, -0.05) is 198 Å². The van der Waals surface area contributed by atoms with Gasteiger partial charge in [-0.15, -0.1) is 0 Å². The molecule has 0 aliphatic heterocycles. The molecule has 13 rings (SSSR count). The van der Waals surface area contributed by atoms with Crippen molar-refractivity contribution in [1.29, 1.82) is 0 Å². The minimum atomic E-state index is -7.38. The van der Waals surface area contributed by atoms with Crippen LogP contribution in [0.2, 0.25) is 0 Å². The molecule has 0 amide bonds. The fraction of sp³-hybridized carbons (Fsp3) is 0.385. The van der Waals surface area contributed by atoms with E-state index in [2.05, 4.69) is 174 Å². The fourth-order valence-electron chi connectivity index (χ4n) is 14.2. The molecule has 0 unspecified atom stereocenters. The van der Waals surface area contributed by atoms with E-state index in [0.29, 0.717) is 25.7 Å². The molecule has 9 aromatic rings. The van der Waals surface area contributed by atoms with E-state index in [1.165, 1.54) is 51.9 Å². The predicted molar refractivity (Wildman–Crippen MR) is 391 cm³/mol. The van der Waals surface area contributed by atoms with Gasteiger partial charge in [-0.2, -0.15) is 69.5 Å². The molecular weight excluding hydrogens is 1550 g/mol. The third-order valence-electron chi connectivity index (χ3n) is 19.8. The van der Waals surface area contributed by atoms with Crippen molar-refractivity contribution in [3.8, 4) is 16.4 Å². The summed E-state index contributed by atoms with van der Waals surface area (Å²) >= 11 is 0. The molecule has 1 heterocycles. The smallest absolute Gasteiger partial charge is 0.450 e. The first-order valence-electron chi connectivity index (χ1n) is 35.2. The molecule has 0 atom stereocenters. The van der Waals surface area contributed by atoms with Gasteiger partial charge in [0.1, 0.15) is 11.5 Å². The summed E-state index contributed by atoms with van der Waals surface area (Å²) in [7, 11) is -28.4. The van der Waals surface area contributed by atoms with E-state index >= 15 is 0 Å². The molecule has 582 valence electrons. The SMILES string of the molecule is O=S(=O)([O-])C(F)(F)C(F)(F)C(F)(F)S(=O)(=O)Oc1c(C2CCCCC2)cc(C2CCCCC2)cc1C1CCCCC1.O=S(=O)([O-])C(F)(F)C(F)(F)C(F)(F)S(=O)(=O)Oc1ccc(C2CCCCC2)cc1.c1ccc(-[s+]2c3ccccc3c3ccccc32)cc1.c1ccc([S+](c2ccccc2)c2ccccc2)cc1. The first-order chi connectivity index (χ1) is 51.0. The summed E-state index contributed by atoms with van der Waals surface area (Å²) in [5.41, 5.74) is 2.13. The maximum atomic E-state index is 14.9. The lowest BCUT2D eigenvalue weighted by Crippen LogP contribution is -2.61. The Labute approximate surface area is 626 Å². The van der Waals surface area contributed by atoms with E-state index in [9.17, 15) is 95.5 Å². The van der Waals surface area contributed by atoms with Gasteiger partial charge in [0.15, 0.2) is 49.2 Å². The van der Waals surface area contributed by atoms with E-state index in [-0.39, 0.29) is 56.2 Å². The number of benzene rings is 8. The zero-order valence-electron chi connectivity index (χ0n) is 58.0. The van der Waals surface area contributed by atoms with Crippen molar-refractivity contribution in [2.75, 3.05) is 0 Å². The molecule has 108 heavy (non-hydrogen) atoms. The minimum absolute atomic E-state index is 0.0146. The van der Waals surface area contributed by atoms with Gasteiger partial charge in [0.25, 0.3) is 0 Å². The number of alkyl halides is 12. The van der Waals surface area contributed by atoms with E-state index < -0.39 is 84.8 Å². The van der Waals surface area contributed by atoms with Crippen LogP contribution in [-0.4, -0.2) is 75.6 Å². The van der Waals surface area contributed by atoms with Gasteiger partial charge in [0.2, 0.25) is 0 Å². The lowest BCUT2D eigenvalue weighted by atomic mass is 9.75. The van der Waals surface area contributed by atoms with Crippen LogP contribution < -0.4 is 8.37 Å². The number of hydrogen-bond donors (Lipinski definition) is 0. The van der Waals surface area contributed by atoms with Gasteiger partial charge >= 0.3 is 53.1 Å². The predicted octanol–water partition coefficient (Wildman–Crippen LogP) is 22.2. The third-order valence-corrected chi connectivity index (χ3v) is 28.7. The average Bonchev–Trinajstić information content (AvgIpc) is 1.48. The molecule has 4 fully saturated rings. The van der Waals surface area contributed by atoms with E-state index in [1.807, 2.05) is 0 Å². The summed E-state index contributed by atoms with van der Waals surface area (Å²) in [5.74, 6) is -16.1. The van der Waals surface area contributed by atoms with Crippen LogP contribution in [0.5, 0.6) is 11.5 Å². The molecule has 1 aromatic heterocycles. The average molecular weight is 1630 g/mol. The minimum Gasteiger partial charge on any atom is -0.743 e. The second-order valence-electron chi connectivity index (χ2n) is 27.0. The maximum absolute atomic E-state index is 14.9. The molecule has 0 bridgehead atoms. The van der Waals surface area contributed by atoms with Crippen molar-refractivity contribution in [2.45, 2.75) is 200 Å². The first-order valence-corrected chi connectivity index (χ1v) is 43.2. The Morgan fingerprint density at radius 1 is 0.333 bits per heavy atom. The van der Waals surface area contributed by atoms with Crippen molar-refractivity contribution in [3.63, 3.8) is 0 Å². The summed E-state index contributed by atoms with van der Waals surface area (Å²) in [6.45, 7) is 0. The molecular formula is C78H78F12O12S6. The van der Waals surface area contributed by atoms with Crippen molar-refractivity contribution in [2.24, 2.45) is 0 Å². The number of thiophene rings is 1. The summed E-state index contributed by atoms with van der Waals surface area (Å²) in [6.07, 6.45) is 16.4. The van der Waals surface area contributed by atoms with Crippen LogP contribution in [0, 0.1) is 0 Å². The van der Waals surface area contributed by atoms with Crippen LogP contribution in [0.15, 0.2) is 221 Å². The highest BCUT2D eigenvalue weighted by Crippen LogP contribution is 2.56. The molecule has 0 spiro atoms. The summed E-state index contributed by atoms with van der Waals surface area (Å²) in [5, 5.41) is -24.5. The Hall–Kier alpha value is -7.19. The number of rotatable bonds is 20. The second kappa shape index (κ2) is 34.2. The summed E-state index contributed by atoms with van der Waals surface area (Å²) in [6, 6.07) is 68.3. The molecule has 0 saturated heterocycles. The topological polar surface area (TPSA) is 201 Å². The largest absolute Gasteiger partial charge is 0.743 e. The van der Waals surface area contributed by atoms with Gasteiger partial charge < -0.3 is 17.5 Å². The standard InChI is InChI=1S/C27H36F6O6S2.C18H13S.C18H15S.C15H16F6O6S2/c28-25(29,26(30,31)40(34,35)36)27(32,33)41(37,38)39-24-22(19-12-6-2-7-13-19)16-21(18-10-4-1-5-11-18)17-23(24)20-14-8-3-9-15-20;1-2-8-14(9-3-1)19-17-12-6-4-10-15(17)16-11-5-7-13-18(16)19;1-4-10-16(11-5-1)19(17-12-6-2-7-13-17)18-14-8-3-9-15-18;16-13(17,14(18,19)28(22,23)24)15(20,21)29(25,26)27-12-8-6-11(7-9-12)10-4-2-1-3-5-10/h16-20H,1-15H2,(H,34,35,36);1-13H;1-15H;6-10H,1-5H2,(H,22,23,24)/q;2*+1;/p-2. The molecule has 4 saturated carbocycles. The van der Waals surface area contributed by atoms with Crippen LogP contribution in [-0.2, 0) is 51.4 Å². The Morgan fingerprint density at radius 2 is 0.630 bits per heavy atom. The Balaban J connectivity index is 0.000000162. The van der Waals surface area contributed by atoms with Crippen LogP contribution >= 0.6 is 10.5 Å². The third kappa shape index (κ3) is 17.7. The Morgan fingerprint density at radius 3 is 0.972 bits per heavy atom. The lowest BCUT2D eigenvalue weighted by Gasteiger charge is -2.34. The van der Waals surface area contributed by atoms with Crippen LogP contribution in [0.25, 0.3) is 25.1 Å². The number of halogens is 12. The highest BCUT2D eigenvalue weighted by molar-refractivity contribution is 7.97. The fourth-order valence-corrected chi connectivity index (χ4v) is 21.6. The molecule has 4 aliphatic carbocycles. The number of hydrogen-bond acceptors (Lipinski definition) is 12. The van der Waals surface area contributed by atoms with Gasteiger partial charge in [0.05, 0.1) is 10.9 Å². The Kier molecular flexibility index (Phi) is 26.4. The van der Waals surface area contributed by atoms with Crippen molar-refractivity contribution in [1.82, 2.24) is 0 Å². The van der Waals surface area contributed by atoms with Crippen LogP contribution in [0.1, 0.15) is 174 Å². The highest BCUT2D eigenvalue weighted by Gasteiger charge is 2.82. The molecule has 4 aliphatic rings. The first kappa shape index (κ1) is 83.3. The van der Waals surface area contributed by atoms with Gasteiger partial charge in [0, 0.05) is 21.2 Å². The van der Waals surface area contributed by atoms with Crippen LogP contribution in [0.4, 0.5) is 52.7 Å². The van der Waals surface area contributed by atoms with Crippen molar-refractivity contribution in [3.05, 3.63) is 229 Å². The normalized spacial score (nSPS) is 16.8. The monoisotopic (exact) mass is 1630 g/mol. The second-order valence-corrected chi connectivity index (χ2v) is 37.0. The molecule has 12 nitrogen and oxygen atoms in total. The van der Waals surface area contributed by atoms with Crippen molar-refractivity contribution >= 4 is 82.0 Å². The number of fused-ring (bicyclic) bond motifs is 3. The highest BCUT2D eigenvalue weighted by atomic mass is 32.2. The summed E-state index contributed by atoms with van der Waals surface area (Å²) in [4.78, 5) is 5.49. The summed E-state index contributed by atoms with van der Waals surface area (Å²) < 4.78 is 290. The van der Waals surface area contributed by atoms with E-state index in [1.54, 1.807) is 12.1 Å². The molecule has 0 radical (unpaired) electrons.